The highest BCUT2D eigenvalue weighted by Gasteiger charge is 2.07. The van der Waals surface area contributed by atoms with Crippen LogP contribution in [0.4, 0.5) is 10.9 Å². The summed E-state index contributed by atoms with van der Waals surface area (Å²) in [6.45, 7) is 0. The molecule has 0 fully saturated rings. The van der Waals surface area contributed by atoms with E-state index in [-0.39, 0.29) is 0 Å². The summed E-state index contributed by atoms with van der Waals surface area (Å²) in [5, 5.41) is 8.19. The number of nitrogens with zero attached hydrogens (tertiary/aromatic N) is 3. The summed E-state index contributed by atoms with van der Waals surface area (Å²) in [6.07, 6.45) is 1.57. The van der Waals surface area contributed by atoms with Crippen molar-refractivity contribution < 1.29 is 0 Å². The summed E-state index contributed by atoms with van der Waals surface area (Å²) in [5.74, 6) is 0.742. The highest BCUT2D eigenvalue weighted by atomic mass is 32.1. The van der Waals surface area contributed by atoms with Crippen LogP contribution in [0.2, 0.25) is 0 Å². The van der Waals surface area contributed by atoms with Gasteiger partial charge in [0.05, 0.1) is 16.3 Å². The first-order chi connectivity index (χ1) is 11.4. The zero-order valence-electron chi connectivity index (χ0n) is 12.0. The first-order valence-electron chi connectivity index (χ1n) is 7.02. The Balaban J connectivity index is 1.58. The summed E-state index contributed by atoms with van der Waals surface area (Å²) in [7, 11) is 0. The van der Waals surface area contributed by atoms with Gasteiger partial charge in [0.15, 0.2) is 5.13 Å². The molecule has 0 amide bonds. The molecule has 1 N–H and O–H groups in total. The zero-order valence-corrected chi connectivity index (χ0v) is 13.6. The minimum absolute atomic E-state index is 0.742. The Kier molecular flexibility index (Phi) is 3.83. The van der Waals surface area contributed by atoms with Crippen LogP contribution in [0.15, 0.2) is 65.6 Å². The second kappa shape index (κ2) is 6.28. The van der Waals surface area contributed by atoms with Gasteiger partial charge in [0.2, 0.25) is 0 Å². The summed E-state index contributed by atoms with van der Waals surface area (Å²) in [6, 6.07) is 16.1. The largest absolute Gasteiger partial charge is 0.316 e. The number of nitrogens with one attached hydrogen (secondary N) is 1. The maximum absolute atomic E-state index is 4.61. The zero-order chi connectivity index (χ0) is 15.5. The Morgan fingerprint density at radius 3 is 2.61 bits per heavy atom. The Bertz CT molecular complexity index is 901. The molecule has 0 bridgehead atoms. The SMILES string of the molecule is c1ccc(-c2cc(Nc3nc(-c4cccs4)cs3)ncn2)cc1. The number of hydrogen-bond donors (Lipinski definition) is 1. The third-order valence-electron chi connectivity index (χ3n) is 3.25. The van der Waals surface area contributed by atoms with Gasteiger partial charge in [-0.3, -0.25) is 0 Å². The second-order valence-corrected chi connectivity index (χ2v) is 6.60. The molecule has 0 aliphatic rings. The fourth-order valence-electron chi connectivity index (χ4n) is 2.17. The number of aromatic nitrogens is 3. The van der Waals surface area contributed by atoms with Gasteiger partial charge in [0, 0.05) is 17.0 Å². The quantitative estimate of drug-likeness (QED) is 0.565. The Labute approximate surface area is 141 Å². The van der Waals surface area contributed by atoms with Gasteiger partial charge in [-0.05, 0) is 11.4 Å². The van der Waals surface area contributed by atoms with E-state index in [0.29, 0.717) is 0 Å². The normalized spacial score (nSPS) is 10.6. The molecule has 0 aliphatic heterocycles. The van der Waals surface area contributed by atoms with Gasteiger partial charge in [-0.15, -0.1) is 22.7 Å². The molecule has 4 nitrogen and oxygen atoms in total. The lowest BCUT2D eigenvalue weighted by Crippen LogP contribution is -1.95. The lowest BCUT2D eigenvalue weighted by atomic mass is 10.1. The van der Waals surface area contributed by atoms with Crippen molar-refractivity contribution in [3.05, 3.63) is 65.6 Å². The molecule has 4 rings (SSSR count). The van der Waals surface area contributed by atoms with E-state index in [4.69, 9.17) is 0 Å². The van der Waals surface area contributed by atoms with Gasteiger partial charge >= 0.3 is 0 Å². The van der Waals surface area contributed by atoms with Crippen LogP contribution >= 0.6 is 22.7 Å². The van der Waals surface area contributed by atoms with E-state index in [9.17, 15) is 0 Å². The van der Waals surface area contributed by atoms with Crippen molar-refractivity contribution in [3.63, 3.8) is 0 Å². The molecular formula is C17H12N4S2. The molecule has 1 aromatic carbocycles. The van der Waals surface area contributed by atoms with Crippen LogP contribution in [0.3, 0.4) is 0 Å². The van der Waals surface area contributed by atoms with Gasteiger partial charge in [-0.2, -0.15) is 0 Å². The van der Waals surface area contributed by atoms with E-state index in [1.165, 1.54) is 4.88 Å². The van der Waals surface area contributed by atoms with Crippen LogP contribution in [0.5, 0.6) is 0 Å². The van der Waals surface area contributed by atoms with E-state index in [1.807, 2.05) is 47.8 Å². The Morgan fingerprint density at radius 1 is 0.870 bits per heavy atom. The molecule has 4 aromatic rings. The van der Waals surface area contributed by atoms with Crippen molar-refractivity contribution >= 4 is 33.6 Å². The molecule has 0 radical (unpaired) electrons. The van der Waals surface area contributed by atoms with E-state index in [0.717, 1.165) is 27.9 Å². The van der Waals surface area contributed by atoms with Crippen LogP contribution in [-0.2, 0) is 0 Å². The fourth-order valence-corrected chi connectivity index (χ4v) is 3.65. The highest BCUT2D eigenvalue weighted by Crippen LogP contribution is 2.29. The maximum atomic E-state index is 4.61. The van der Waals surface area contributed by atoms with Gasteiger partial charge in [-0.25, -0.2) is 15.0 Å². The molecule has 0 aliphatic carbocycles. The topological polar surface area (TPSA) is 50.7 Å². The van der Waals surface area contributed by atoms with Crippen molar-refractivity contribution in [2.45, 2.75) is 0 Å². The molecule has 23 heavy (non-hydrogen) atoms. The number of benzene rings is 1. The molecule has 0 atom stereocenters. The summed E-state index contributed by atoms with van der Waals surface area (Å²) in [5.41, 5.74) is 2.94. The molecule has 0 saturated heterocycles. The number of hydrogen-bond acceptors (Lipinski definition) is 6. The van der Waals surface area contributed by atoms with Crippen LogP contribution in [0.25, 0.3) is 21.8 Å². The van der Waals surface area contributed by atoms with Crippen LogP contribution in [-0.4, -0.2) is 15.0 Å². The minimum Gasteiger partial charge on any atom is -0.316 e. The first kappa shape index (κ1) is 14.0. The molecule has 3 heterocycles. The first-order valence-corrected chi connectivity index (χ1v) is 8.78. The number of rotatable bonds is 4. The Morgan fingerprint density at radius 2 is 1.78 bits per heavy atom. The van der Waals surface area contributed by atoms with Crippen molar-refractivity contribution in [3.8, 4) is 21.8 Å². The van der Waals surface area contributed by atoms with Crippen molar-refractivity contribution in [1.29, 1.82) is 0 Å². The molecule has 3 aromatic heterocycles. The molecule has 0 saturated carbocycles. The van der Waals surface area contributed by atoms with Crippen molar-refractivity contribution in [1.82, 2.24) is 15.0 Å². The third-order valence-corrected chi connectivity index (χ3v) is 4.90. The standard InChI is InChI=1S/C17H12N4S2/c1-2-5-12(6-3-1)13-9-16(19-11-18-13)21-17-20-14(10-23-17)15-7-4-8-22-15/h1-11H,(H,18,19,20,21). The van der Waals surface area contributed by atoms with Crippen LogP contribution in [0, 0.1) is 0 Å². The lowest BCUT2D eigenvalue weighted by Gasteiger charge is -2.04. The molecule has 112 valence electrons. The molecule has 6 heteroatoms. The second-order valence-electron chi connectivity index (χ2n) is 4.79. The Hall–Kier alpha value is -2.57. The average Bonchev–Trinajstić information content (AvgIpc) is 3.27. The van der Waals surface area contributed by atoms with Crippen LogP contribution in [0.1, 0.15) is 0 Å². The fraction of sp³-hybridized carbons (Fsp3) is 0. The predicted molar refractivity (Wildman–Crippen MR) is 96.2 cm³/mol. The average molecular weight is 336 g/mol. The number of thiophene rings is 1. The summed E-state index contributed by atoms with van der Waals surface area (Å²) in [4.78, 5) is 14.4. The van der Waals surface area contributed by atoms with Crippen molar-refractivity contribution in [2.75, 3.05) is 5.32 Å². The lowest BCUT2D eigenvalue weighted by molar-refractivity contribution is 1.17. The minimum atomic E-state index is 0.742. The maximum Gasteiger partial charge on any atom is 0.188 e. The number of thiazole rings is 1. The molecule has 0 spiro atoms. The smallest absolute Gasteiger partial charge is 0.188 e. The molecule has 0 unspecified atom stereocenters. The van der Waals surface area contributed by atoms with E-state index >= 15 is 0 Å². The third kappa shape index (κ3) is 3.13. The van der Waals surface area contributed by atoms with Crippen LogP contribution < -0.4 is 5.32 Å². The molecular weight excluding hydrogens is 324 g/mol. The van der Waals surface area contributed by atoms with Gasteiger partial charge in [0.25, 0.3) is 0 Å². The highest BCUT2D eigenvalue weighted by molar-refractivity contribution is 7.16. The van der Waals surface area contributed by atoms with Crippen molar-refractivity contribution in [2.24, 2.45) is 0 Å². The van der Waals surface area contributed by atoms with E-state index in [1.54, 1.807) is 29.0 Å². The van der Waals surface area contributed by atoms with E-state index < -0.39 is 0 Å². The monoisotopic (exact) mass is 336 g/mol. The number of anilines is 2. The predicted octanol–water partition coefficient (Wildman–Crippen LogP) is 5.07. The van der Waals surface area contributed by atoms with E-state index in [2.05, 4.69) is 31.7 Å². The van der Waals surface area contributed by atoms with Gasteiger partial charge in [0.1, 0.15) is 12.1 Å². The summed E-state index contributed by atoms with van der Waals surface area (Å²) < 4.78 is 0. The van der Waals surface area contributed by atoms with Gasteiger partial charge < -0.3 is 5.32 Å². The summed E-state index contributed by atoms with van der Waals surface area (Å²) >= 11 is 3.25. The van der Waals surface area contributed by atoms with Gasteiger partial charge in [-0.1, -0.05) is 36.4 Å².